The average Bonchev–Trinajstić information content (AvgIpc) is 3.07. The molecule has 25 heavy (non-hydrogen) atoms. The van der Waals surface area contributed by atoms with E-state index in [4.69, 9.17) is 16.1 Å². The van der Waals surface area contributed by atoms with Gasteiger partial charge in [-0.15, -0.1) is 0 Å². The number of benzene rings is 2. The topological polar surface area (TPSA) is 80.0 Å². The first kappa shape index (κ1) is 16.9. The number of rotatable bonds is 4. The predicted octanol–water partition coefficient (Wildman–Crippen LogP) is 4.74. The number of halogens is 2. The van der Waals surface area contributed by atoms with Gasteiger partial charge < -0.3 is 15.2 Å². The maximum absolute atomic E-state index is 13.0. The number of carbonyl (C=O) groups is 1. The summed E-state index contributed by atoms with van der Waals surface area (Å²) in [4.78, 5) is 16.2. The van der Waals surface area contributed by atoms with Gasteiger partial charge >= 0.3 is 6.03 Å². The van der Waals surface area contributed by atoms with E-state index in [0.717, 1.165) is 11.6 Å². The lowest BCUT2D eigenvalue weighted by Gasteiger charge is -2.09. The molecule has 2 aromatic carbocycles. The molecule has 0 aliphatic rings. The molecule has 0 unspecified atom stereocenters. The smallest absolute Gasteiger partial charge is 0.323 e. The molecule has 3 aromatic rings. The van der Waals surface area contributed by atoms with Crippen molar-refractivity contribution in [3.63, 3.8) is 0 Å². The molecule has 0 aliphatic carbocycles. The Balaban J connectivity index is 1.65. The van der Waals surface area contributed by atoms with Gasteiger partial charge in [0.05, 0.1) is 10.7 Å². The van der Waals surface area contributed by atoms with E-state index in [1.54, 1.807) is 24.3 Å². The Bertz CT molecular complexity index is 896. The molecule has 0 atom stereocenters. The van der Waals surface area contributed by atoms with Gasteiger partial charge in [-0.25, -0.2) is 9.18 Å². The van der Waals surface area contributed by atoms with Crippen LogP contribution in [0, 0.1) is 5.82 Å². The Kier molecular flexibility index (Phi) is 4.95. The average molecular weight is 361 g/mol. The largest absolute Gasteiger partial charge is 0.339 e. The number of carbonyl (C=O) groups excluding carboxylic acids is 1. The maximum atomic E-state index is 13.0. The highest BCUT2D eigenvalue weighted by Crippen LogP contribution is 2.23. The van der Waals surface area contributed by atoms with Gasteiger partial charge in [-0.1, -0.05) is 23.7 Å². The molecule has 1 heterocycles. The highest BCUT2D eigenvalue weighted by molar-refractivity contribution is 6.33. The number of nitrogens with zero attached hydrogens (tertiary/aromatic N) is 2. The zero-order valence-electron chi connectivity index (χ0n) is 13.2. The van der Waals surface area contributed by atoms with Gasteiger partial charge in [0.2, 0.25) is 11.7 Å². The van der Waals surface area contributed by atoms with Gasteiger partial charge in [0, 0.05) is 17.7 Å². The second-order valence-corrected chi connectivity index (χ2v) is 5.55. The van der Waals surface area contributed by atoms with Crippen LogP contribution in [0.4, 0.5) is 20.6 Å². The van der Waals surface area contributed by atoms with Crippen LogP contribution in [0.25, 0.3) is 11.4 Å². The fraction of sp³-hybridized carbons (Fsp3) is 0.118. The minimum absolute atomic E-state index is 0.120. The first-order valence-corrected chi connectivity index (χ1v) is 7.89. The SMILES string of the molecule is CCc1nc(-c2ccc(NC(=O)Nc3ccc(F)cc3Cl)cc2)no1. The fourth-order valence-electron chi connectivity index (χ4n) is 2.09. The van der Waals surface area contributed by atoms with E-state index in [9.17, 15) is 9.18 Å². The monoisotopic (exact) mass is 360 g/mol. The highest BCUT2D eigenvalue weighted by Gasteiger charge is 2.09. The molecule has 0 saturated heterocycles. The van der Waals surface area contributed by atoms with Crippen molar-refractivity contribution in [3.8, 4) is 11.4 Å². The van der Waals surface area contributed by atoms with Crippen LogP contribution in [0.5, 0.6) is 0 Å². The molecule has 3 rings (SSSR count). The summed E-state index contributed by atoms with van der Waals surface area (Å²) in [5.41, 5.74) is 1.66. The van der Waals surface area contributed by atoms with E-state index in [2.05, 4.69) is 20.8 Å². The lowest BCUT2D eigenvalue weighted by Crippen LogP contribution is -2.19. The Morgan fingerprint density at radius 1 is 1.20 bits per heavy atom. The number of amides is 2. The molecule has 0 spiro atoms. The van der Waals surface area contributed by atoms with E-state index >= 15 is 0 Å². The molecule has 0 fully saturated rings. The van der Waals surface area contributed by atoms with Crippen LogP contribution in [0.15, 0.2) is 47.0 Å². The van der Waals surface area contributed by atoms with E-state index in [-0.39, 0.29) is 5.02 Å². The highest BCUT2D eigenvalue weighted by atomic mass is 35.5. The third-order valence-electron chi connectivity index (χ3n) is 3.35. The van der Waals surface area contributed by atoms with Gasteiger partial charge in [-0.05, 0) is 42.5 Å². The van der Waals surface area contributed by atoms with Crippen molar-refractivity contribution in [2.45, 2.75) is 13.3 Å². The van der Waals surface area contributed by atoms with Crippen LogP contribution in [-0.4, -0.2) is 16.2 Å². The summed E-state index contributed by atoms with van der Waals surface area (Å²) < 4.78 is 18.1. The molecule has 8 heteroatoms. The summed E-state index contributed by atoms with van der Waals surface area (Å²) in [6, 6.07) is 10.2. The molecule has 6 nitrogen and oxygen atoms in total. The Labute approximate surface area is 148 Å². The second-order valence-electron chi connectivity index (χ2n) is 5.15. The molecular formula is C17H14ClFN4O2. The van der Waals surface area contributed by atoms with Crippen molar-refractivity contribution >= 4 is 29.0 Å². The number of anilines is 2. The summed E-state index contributed by atoms with van der Waals surface area (Å²) in [5, 5.41) is 9.22. The van der Waals surface area contributed by atoms with Crippen LogP contribution in [0.2, 0.25) is 5.02 Å². The normalized spacial score (nSPS) is 10.5. The minimum atomic E-state index is -0.492. The van der Waals surface area contributed by atoms with Gasteiger partial charge in [0.15, 0.2) is 0 Å². The number of hydrogen-bond donors (Lipinski definition) is 2. The van der Waals surface area contributed by atoms with Crippen LogP contribution < -0.4 is 10.6 Å². The van der Waals surface area contributed by atoms with Crippen LogP contribution in [-0.2, 0) is 6.42 Å². The van der Waals surface area contributed by atoms with Crippen LogP contribution in [0.1, 0.15) is 12.8 Å². The van der Waals surface area contributed by atoms with Gasteiger partial charge in [0.1, 0.15) is 5.82 Å². The number of aryl methyl sites for hydroxylation is 1. The van der Waals surface area contributed by atoms with Crippen LogP contribution in [0.3, 0.4) is 0 Å². The molecule has 1 aromatic heterocycles. The van der Waals surface area contributed by atoms with E-state index in [0.29, 0.717) is 29.5 Å². The first-order chi connectivity index (χ1) is 12.0. The third-order valence-corrected chi connectivity index (χ3v) is 3.66. The summed E-state index contributed by atoms with van der Waals surface area (Å²) in [6.45, 7) is 1.93. The van der Waals surface area contributed by atoms with Gasteiger partial charge in [0.25, 0.3) is 0 Å². The van der Waals surface area contributed by atoms with Crippen molar-refractivity contribution in [2.75, 3.05) is 10.6 Å². The third kappa shape index (κ3) is 4.13. The molecule has 2 amide bonds. The van der Waals surface area contributed by atoms with Crippen molar-refractivity contribution in [2.24, 2.45) is 0 Å². The second kappa shape index (κ2) is 7.31. The quantitative estimate of drug-likeness (QED) is 0.704. The molecule has 128 valence electrons. The lowest BCUT2D eigenvalue weighted by molar-refractivity contribution is 0.262. The summed E-state index contributed by atoms with van der Waals surface area (Å²) in [7, 11) is 0. The first-order valence-electron chi connectivity index (χ1n) is 7.51. The summed E-state index contributed by atoms with van der Waals surface area (Å²) in [6.07, 6.45) is 0.665. The standard InChI is InChI=1S/C17H14ClFN4O2/c1-2-15-22-16(23-25-15)10-3-6-12(7-4-10)20-17(24)21-14-8-5-11(19)9-13(14)18/h3-9H,2H2,1H3,(H2,20,21,24). The summed E-state index contributed by atoms with van der Waals surface area (Å²) in [5.74, 6) is 0.581. The van der Waals surface area contributed by atoms with E-state index in [1.165, 1.54) is 12.1 Å². The van der Waals surface area contributed by atoms with Crippen LogP contribution >= 0.6 is 11.6 Å². The molecule has 0 saturated carbocycles. The molecule has 0 aliphatic heterocycles. The molecule has 2 N–H and O–H groups in total. The zero-order valence-corrected chi connectivity index (χ0v) is 14.0. The summed E-state index contributed by atoms with van der Waals surface area (Å²) >= 11 is 5.87. The minimum Gasteiger partial charge on any atom is -0.339 e. The van der Waals surface area contributed by atoms with Gasteiger partial charge in [-0.3, -0.25) is 0 Å². The van der Waals surface area contributed by atoms with E-state index in [1.807, 2.05) is 6.92 Å². The fourth-order valence-corrected chi connectivity index (χ4v) is 2.31. The predicted molar refractivity (Wildman–Crippen MR) is 93.2 cm³/mol. The zero-order chi connectivity index (χ0) is 17.8. The number of urea groups is 1. The number of hydrogen-bond acceptors (Lipinski definition) is 4. The number of aromatic nitrogens is 2. The molecule has 0 bridgehead atoms. The Hall–Kier alpha value is -2.93. The van der Waals surface area contributed by atoms with Crippen molar-refractivity contribution in [1.82, 2.24) is 10.1 Å². The van der Waals surface area contributed by atoms with E-state index < -0.39 is 11.8 Å². The Morgan fingerprint density at radius 2 is 1.96 bits per heavy atom. The van der Waals surface area contributed by atoms with Crippen molar-refractivity contribution in [3.05, 3.63) is 59.2 Å². The molecular weight excluding hydrogens is 347 g/mol. The van der Waals surface area contributed by atoms with Crippen molar-refractivity contribution < 1.29 is 13.7 Å². The van der Waals surface area contributed by atoms with Gasteiger partial charge in [-0.2, -0.15) is 4.98 Å². The maximum Gasteiger partial charge on any atom is 0.323 e. The lowest BCUT2D eigenvalue weighted by atomic mass is 10.2. The number of nitrogens with one attached hydrogen (secondary N) is 2. The Morgan fingerprint density at radius 3 is 2.60 bits per heavy atom. The van der Waals surface area contributed by atoms with Crippen molar-refractivity contribution in [1.29, 1.82) is 0 Å². The molecule has 0 radical (unpaired) electrons.